The van der Waals surface area contributed by atoms with E-state index >= 15 is 0 Å². The minimum atomic E-state index is -3.62. The molecule has 0 aliphatic rings. The van der Waals surface area contributed by atoms with E-state index in [0.29, 0.717) is 11.3 Å². The maximum atomic E-state index is 12.3. The summed E-state index contributed by atoms with van der Waals surface area (Å²) in [5.41, 5.74) is 6.66. The van der Waals surface area contributed by atoms with Gasteiger partial charge in [-0.05, 0) is 46.9 Å². The maximum absolute atomic E-state index is 12.3. The van der Waals surface area contributed by atoms with Crippen molar-refractivity contribution in [2.45, 2.75) is 4.90 Å². The summed E-state index contributed by atoms with van der Waals surface area (Å²) in [6.07, 6.45) is 0. The van der Waals surface area contributed by atoms with Crippen molar-refractivity contribution in [3.63, 3.8) is 0 Å². The molecule has 0 atom stereocenters. The summed E-state index contributed by atoms with van der Waals surface area (Å²) in [5, 5.41) is 0. The van der Waals surface area contributed by atoms with Crippen molar-refractivity contribution in [1.29, 1.82) is 0 Å². The number of anilines is 1. The Balaban J connectivity index is 2.31. The van der Waals surface area contributed by atoms with Crippen LogP contribution in [0.2, 0.25) is 0 Å². The third-order valence-electron chi connectivity index (χ3n) is 2.57. The van der Waals surface area contributed by atoms with E-state index in [-0.39, 0.29) is 9.88 Å². The Morgan fingerprint density at radius 2 is 1.70 bits per heavy atom. The van der Waals surface area contributed by atoms with Gasteiger partial charge in [0.15, 0.2) is 0 Å². The highest BCUT2D eigenvalue weighted by Crippen LogP contribution is 2.21. The topological polar surface area (TPSA) is 72.2 Å². The molecular weight excluding hydrogens is 407 g/mol. The third kappa shape index (κ3) is 3.47. The molecule has 0 saturated heterocycles. The highest BCUT2D eigenvalue weighted by Gasteiger charge is 2.15. The molecule has 2 aromatic carbocycles. The molecule has 0 aliphatic carbocycles. The van der Waals surface area contributed by atoms with Crippen LogP contribution >= 0.6 is 34.8 Å². The minimum Gasteiger partial charge on any atom is -0.389 e. The molecule has 0 saturated carbocycles. The van der Waals surface area contributed by atoms with Crippen molar-refractivity contribution < 1.29 is 8.42 Å². The number of nitrogens with one attached hydrogen (secondary N) is 1. The summed E-state index contributed by atoms with van der Waals surface area (Å²) in [4.78, 5) is 0.400. The Labute approximate surface area is 136 Å². The minimum absolute atomic E-state index is 0.164. The maximum Gasteiger partial charge on any atom is 0.261 e. The van der Waals surface area contributed by atoms with Crippen molar-refractivity contribution in [2.24, 2.45) is 5.73 Å². The number of rotatable bonds is 4. The monoisotopic (exact) mass is 418 g/mol. The first kappa shape index (κ1) is 15.2. The van der Waals surface area contributed by atoms with Crippen molar-refractivity contribution in [2.75, 3.05) is 4.72 Å². The molecule has 3 N–H and O–H groups in total. The lowest BCUT2D eigenvalue weighted by Crippen LogP contribution is -2.14. The molecule has 0 spiro atoms. The molecule has 2 rings (SSSR count). The summed E-state index contributed by atoms with van der Waals surface area (Å²) >= 11 is 6.91. The van der Waals surface area contributed by atoms with E-state index < -0.39 is 10.0 Å². The van der Waals surface area contributed by atoms with Crippen LogP contribution in [0.25, 0.3) is 0 Å². The van der Waals surface area contributed by atoms with Gasteiger partial charge in [-0.15, -0.1) is 0 Å². The second-order valence-corrected chi connectivity index (χ2v) is 7.26. The third-order valence-corrected chi connectivity index (χ3v) is 5.13. The van der Waals surface area contributed by atoms with Gasteiger partial charge in [0, 0.05) is 9.13 Å². The average Bonchev–Trinajstić information content (AvgIpc) is 2.41. The van der Waals surface area contributed by atoms with Crippen LogP contribution < -0.4 is 10.5 Å². The molecule has 0 heterocycles. The summed E-state index contributed by atoms with van der Waals surface area (Å²) in [6.45, 7) is 0. The number of hydrogen-bond donors (Lipinski definition) is 2. The van der Waals surface area contributed by atoms with Gasteiger partial charge in [-0.3, -0.25) is 4.72 Å². The summed E-state index contributed by atoms with van der Waals surface area (Å²) in [6, 6.07) is 13.3. The van der Waals surface area contributed by atoms with E-state index in [1.807, 2.05) is 12.1 Å². The fourth-order valence-electron chi connectivity index (χ4n) is 1.55. The van der Waals surface area contributed by atoms with Crippen molar-refractivity contribution in [1.82, 2.24) is 0 Å². The standard InChI is InChI=1S/C13H11IN2O2S2/c14-11-3-1-2-4-12(11)16-20(17,18)10-7-5-9(6-8-10)13(15)19/h1-8,16H,(H2,15,19). The average molecular weight is 418 g/mol. The van der Waals surface area contributed by atoms with Crippen LogP contribution in [0.4, 0.5) is 5.69 Å². The molecule has 4 nitrogen and oxygen atoms in total. The predicted octanol–water partition coefficient (Wildman–Crippen LogP) is 2.73. The van der Waals surface area contributed by atoms with Gasteiger partial charge in [0.1, 0.15) is 4.99 Å². The molecule has 0 bridgehead atoms. The zero-order valence-electron chi connectivity index (χ0n) is 10.2. The molecule has 2 aromatic rings. The van der Waals surface area contributed by atoms with Gasteiger partial charge in [0.25, 0.3) is 10.0 Å². The van der Waals surface area contributed by atoms with Crippen LogP contribution in [0.15, 0.2) is 53.4 Å². The Morgan fingerprint density at radius 1 is 1.10 bits per heavy atom. The number of para-hydroxylation sites is 1. The van der Waals surface area contributed by atoms with Gasteiger partial charge in [0.05, 0.1) is 10.6 Å². The number of benzene rings is 2. The SMILES string of the molecule is NC(=S)c1ccc(S(=O)(=O)Nc2ccccc2I)cc1. The number of thiocarbonyl (C=S) groups is 1. The Bertz CT molecular complexity index is 743. The molecule has 104 valence electrons. The van der Waals surface area contributed by atoms with Gasteiger partial charge < -0.3 is 5.73 Å². The van der Waals surface area contributed by atoms with Crippen LogP contribution in [-0.4, -0.2) is 13.4 Å². The quantitative estimate of drug-likeness (QED) is 0.592. The van der Waals surface area contributed by atoms with E-state index in [0.717, 1.165) is 3.57 Å². The fraction of sp³-hybridized carbons (Fsp3) is 0. The summed E-state index contributed by atoms with van der Waals surface area (Å²) in [5.74, 6) is 0. The highest BCUT2D eigenvalue weighted by molar-refractivity contribution is 14.1. The van der Waals surface area contributed by atoms with Gasteiger partial charge in [-0.25, -0.2) is 8.42 Å². The first-order valence-corrected chi connectivity index (χ1v) is 8.54. The van der Waals surface area contributed by atoms with E-state index in [1.165, 1.54) is 12.1 Å². The lowest BCUT2D eigenvalue weighted by Gasteiger charge is -2.10. The van der Waals surface area contributed by atoms with E-state index in [1.54, 1.807) is 24.3 Å². The first-order chi connectivity index (χ1) is 9.40. The molecule has 0 fully saturated rings. The molecule has 7 heteroatoms. The molecule has 0 amide bonds. The van der Waals surface area contributed by atoms with Crippen molar-refractivity contribution in [3.8, 4) is 0 Å². The Hall–Kier alpha value is -1.19. The second kappa shape index (κ2) is 6.06. The molecule has 0 aromatic heterocycles. The van der Waals surface area contributed by atoms with E-state index in [2.05, 4.69) is 27.3 Å². The van der Waals surface area contributed by atoms with Gasteiger partial charge >= 0.3 is 0 Å². The lowest BCUT2D eigenvalue weighted by molar-refractivity contribution is 0.601. The largest absolute Gasteiger partial charge is 0.389 e. The van der Waals surface area contributed by atoms with Crippen LogP contribution in [0.3, 0.4) is 0 Å². The molecule has 0 unspecified atom stereocenters. The number of sulfonamides is 1. The predicted molar refractivity (Wildman–Crippen MR) is 92.3 cm³/mol. The lowest BCUT2D eigenvalue weighted by atomic mass is 10.2. The first-order valence-electron chi connectivity index (χ1n) is 5.57. The Morgan fingerprint density at radius 3 is 2.25 bits per heavy atom. The smallest absolute Gasteiger partial charge is 0.261 e. The van der Waals surface area contributed by atoms with Crippen LogP contribution in [0.1, 0.15) is 5.56 Å². The Kier molecular flexibility index (Phi) is 4.61. The normalized spacial score (nSPS) is 11.1. The molecule has 20 heavy (non-hydrogen) atoms. The van der Waals surface area contributed by atoms with Gasteiger partial charge in [0.2, 0.25) is 0 Å². The van der Waals surface area contributed by atoms with Gasteiger partial charge in [-0.1, -0.05) is 36.5 Å². The summed E-state index contributed by atoms with van der Waals surface area (Å²) in [7, 11) is -3.62. The number of hydrogen-bond acceptors (Lipinski definition) is 3. The molecule has 0 radical (unpaired) electrons. The number of halogens is 1. The van der Waals surface area contributed by atoms with Crippen LogP contribution in [0, 0.1) is 3.57 Å². The summed E-state index contributed by atoms with van der Waals surface area (Å²) < 4.78 is 27.9. The zero-order chi connectivity index (χ0) is 14.8. The number of nitrogens with two attached hydrogens (primary N) is 1. The zero-order valence-corrected chi connectivity index (χ0v) is 14.0. The van der Waals surface area contributed by atoms with Crippen molar-refractivity contribution in [3.05, 3.63) is 57.7 Å². The van der Waals surface area contributed by atoms with Crippen LogP contribution in [0.5, 0.6) is 0 Å². The molecular formula is C13H11IN2O2S2. The van der Waals surface area contributed by atoms with Crippen molar-refractivity contribution >= 4 is 55.5 Å². The fourth-order valence-corrected chi connectivity index (χ4v) is 3.47. The van der Waals surface area contributed by atoms with Crippen LogP contribution in [-0.2, 0) is 10.0 Å². The van der Waals surface area contributed by atoms with E-state index in [9.17, 15) is 8.42 Å². The van der Waals surface area contributed by atoms with Gasteiger partial charge in [-0.2, -0.15) is 0 Å². The molecule has 0 aliphatic heterocycles. The second-order valence-electron chi connectivity index (χ2n) is 3.97. The van der Waals surface area contributed by atoms with E-state index in [4.69, 9.17) is 18.0 Å². The highest BCUT2D eigenvalue weighted by atomic mass is 127.